The van der Waals surface area contributed by atoms with Gasteiger partial charge in [-0.05, 0) is 37.1 Å². The first-order valence-electron chi connectivity index (χ1n) is 10.0. The van der Waals surface area contributed by atoms with Crippen molar-refractivity contribution in [2.24, 2.45) is 0 Å². The zero-order valence-electron chi connectivity index (χ0n) is 18.3. The van der Waals surface area contributed by atoms with Crippen LogP contribution in [0.2, 0.25) is 0 Å². The number of aryl methyl sites for hydroxylation is 1. The number of imidazole rings is 1. The molecule has 0 bridgehead atoms. The summed E-state index contributed by atoms with van der Waals surface area (Å²) in [5.41, 5.74) is 4.82. The normalized spacial score (nSPS) is 11.9. The molecule has 0 fully saturated rings. The maximum atomic E-state index is 12.9. The number of aromatic nitrogens is 2. The second-order valence-corrected chi connectivity index (χ2v) is 10.8. The molecular weight excluding hydrogens is 444 g/mol. The lowest BCUT2D eigenvalue weighted by Crippen LogP contribution is -2.23. The van der Waals surface area contributed by atoms with Gasteiger partial charge in [0.2, 0.25) is 15.9 Å². The van der Waals surface area contributed by atoms with Gasteiger partial charge in [0.15, 0.2) is 4.96 Å². The fourth-order valence-corrected chi connectivity index (χ4v) is 5.27. The van der Waals surface area contributed by atoms with E-state index in [0.717, 1.165) is 37.3 Å². The smallest absolute Gasteiger partial charge is 0.242 e. The number of amides is 1. The molecule has 4 aromatic rings. The molecule has 0 saturated carbocycles. The van der Waals surface area contributed by atoms with Crippen LogP contribution in [0.4, 0.5) is 5.69 Å². The minimum atomic E-state index is -3.61. The highest BCUT2D eigenvalue weighted by atomic mass is 32.2. The van der Waals surface area contributed by atoms with Crippen LogP contribution in [0.15, 0.2) is 58.9 Å². The Hall–Kier alpha value is -3.01. The molecule has 0 aliphatic heterocycles. The van der Waals surface area contributed by atoms with Crippen molar-refractivity contribution in [3.63, 3.8) is 0 Å². The van der Waals surface area contributed by atoms with Crippen molar-refractivity contribution in [3.05, 3.63) is 70.9 Å². The quantitative estimate of drug-likeness (QED) is 0.462. The minimum Gasteiger partial charge on any atom is -0.325 e. The topological polar surface area (TPSA) is 83.8 Å². The fraction of sp³-hybridized carbons (Fsp3) is 0.217. The van der Waals surface area contributed by atoms with Gasteiger partial charge in [-0.25, -0.2) is 17.7 Å². The lowest BCUT2D eigenvalue weighted by atomic mass is 10.1. The maximum absolute atomic E-state index is 12.9. The monoisotopic (exact) mass is 468 g/mol. The molecule has 2 aromatic heterocycles. The minimum absolute atomic E-state index is 0.147. The molecule has 0 spiro atoms. The number of rotatable bonds is 6. The van der Waals surface area contributed by atoms with E-state index >= 15 is 0 Å². The van der Waals surface area contributed by atoms with E-state index in [1.807, 2.05) is 60.2 Å². The predicted molar refractivity (Wildman–Crippen MR) is 128 cm³/mol. The average Bonchev–Trinajstić information content (AvgIpc) is 3.33. The van der Waals surface area contributed by atoms with E-state index < -0.39 is 10.0 Å². The largest absolute Gasteiger partial charge is 0.325 e. The number of fused-ring (bicyclic) bond motifs is 1. The van der Waals surface area contributed by atoms with E-state index in [1.165, 1.54) is 31.5 Å². The summed E-state index contributed by atoms with van der Waals surface area (Å²) in [6, 6.07) is 13.0. The fourth-order valence-electron chi connectivity index (χ4n) is 3.38. The van der Waals surface area contributed by atoms with Gasteiger partial charge < -0.3 is 5.32 Å². The summed E-state index contributed by atoms with van der Waals surface area (Å²) in [5, 5.41) is 4.81. The van der Waals surface area contributed by atoms with Crippen LogP contribution < -0.4 is 5.32 Å². The van der Waals surface area contributed by atoms with Gasteiger partial charge in [0.05, 0.1) is 17.0 Å². The van der Waals surface area contributed by atoms with Crippen molar-refractivity contribution in [2.75, 3.05) is 19.4 Å². The number of nitrogens with one attached hydrogen (secondary N) is 1. The Kier molecular flexibility index (Phi) is 5.89. The van der Waals surface area contributed by atoms with Crippen LogP contribution in [0, 0.1) is 13.8 Å². The van der Waals surface area contributed by atoms with Gasteiger partial charge in [0.1, 0.15) is 0 Å². The molecule has 0 radical (unpaired) electrons. The molecule has 166 valence electrons. The number of hydrogen-bond donors (Lipinski definition) is 1. The molecule has 2 heterocycles. The first-order chi connectivity index (χ1) is 15.2. The number of carbonyl (C=O) groups excluding carboxylic acids is 1. The van der Waals surface area contributed by atoms with Crippen molar-refractivity contribution >= 4 is 37.9 Å². The molecule has 0 aliphatic rings. The van der Waals surface area contributed by atoms with Crippen molar-refractivity contribution in [1.82, 2.24) is 13.7 Å². The Morgan fingerprint density at radius 3 is 2.56 bits per heavy atom. The highest BCUT2D eigenvalue weighted by Crippen LogP contribution is 2.27. The second kappa shape index (κ2) is 8.50. The van der Waals surface area contributed by atoms with E-state index in [0.29, 0.717) is 5.69 Å². The first-order valence-corrected chi connectivity index (χ1v) is 12.3. The Morgan fingerprint density at radius 2 is 1.88 bits per heavy atom. The van der Waals surface area contributed by atoms with E-state index in [2.05, 4.69) is 10.3 Å². The van der Waals surface area contributed by atoms with Gasteiger partial charge in [0.25, 0.3) is 0 Å². The first kappa shape index (κ1) is 22.2. The van der Waals surface area contributed by atoms with Gasteiger partial charge in [-0.1, -0.05) is 30.3 Å². The number of sulfonamides is 1. The number of hydrogen-bond acceptors (Lipinski definition) is 5. The summed E-state index contributed by atoms with van der Waals surface area (Å²) >= 11 is 1.48. The molecular formula is C23H24N4O3S2. The van der Waals surface area contributed by atoms with E-state index in [9.17, 15) is 13.2 Å². The molecule has 0 saturated heterocycles. The van der Waals surface area contributed by atoms with Gasteiger partial charge in [-0.3, -0.25) is 9.20 Å². The second-order valence-electron chi connectivity index (χ2n) is 7.80. The van der Waals surface area contributed by atoms with Crippen molar-refractivity contribution in [1.29, 1.82) is 0 Å². The molecule has 1 amide bonds. The summed E-state index contributed by atoms with van der Waals surface area (Å²) in [4.78, 5) is 18.5. The third kappa shape index (κ3) is 4.19. The third-order valence-electron chi connectivity index (χ3n) is 5.39. The van der Waals surface area contributed by atoms with E-state index in [1.54, 1.807) is 6.07 Å². The molecule has 4 rings (SSSR count). The molecule has 7 nitrogen and oxygen atoms in total. The lowest BCUT2D eigenvalue weighted by Gasteiger charge is -2.16. The number of carbonyl (C=O) groups is 1. The van der Waals surface area contributed by atoms with E-state index in [4.69, 9.17) is 0 Å². The van der Waals surface area contributed by atoms with Crippen LogP contribution in [-0.2, 0) is 21.2 Å². The van der Waals surface area contributed by atoms with Crippen LogP contribution in [0.1, 0.15) is 16.8 Å². The molecule has 1 N–H and O–H groups in total. The lowest BCUT2D eigenvalue weighted by molar-refractivity contribution is -0.115. The van der Waals surface area contributed by atoms with Crippen molar-refractivity contribution in [2.45, 2.75) is 25.2 Å². The Balaban J connectivity index is 1.59. The maximum Gasteiger partial charge on any atom is 0.242 e. The molecule has 32 heavy (non-hydrogen) atoms. The standard InChI is InChI=1S/C23H24N4O3S2/c1-15-10-19(32(29,30)26(3)4)12-20(16(15)2)24-22(28)11-18-14-31-23-25-21(13-27(18)23)17-8-6-5-7-9-17/h5-10,12-14H,11H2,1-4H3,(H,24,28). The number of benzene rings is 2. The number of thiazole rings is 1. The van der Waals surface area contributed by atoms with Gasteiger partial charge in [-0.15, -0.1) is 11.3 Å². The zero-order chi connectivity index (χ0) is 23.0. The Labute approximate surface area is 191 Å². The summed E-state index contributed by atoms with van der Waals surface area (Å²) in [7, 11) is -0.634. The van der Waals surface area contributed by atoms with Crippen molar-refractivity contribution < 1.29 is 13.2 Å². The summed E-state index contributed by atoms with van der Waals surface area (Å²) < 4.78 is 28.2. The van der Waals surface area contributed by atoms with Crippen LogP contribution in [0.3, 0.4) is 0 Å². The zero-order valence-corrected chi connectivity index (χ0v) is 19.9. The number of anilines is 1. The Bertz CT molecular complexity index is 1400. The summed E-state index contributed by atoms with van der Waals surface area (Å²) in [6.07, 6.45) is 2.08. The van der Waals surface area contributed by atoms with Crippen molar-refractivity contribution in [3.8, 4) is 11.3 Å². The molecule has 0 aliphatic carbocycles. The Morgan fingerprint density at radius 1 is 1.16 bits per heavy atom. The van der Waals surface area contributed by atoms with Gasteiger partial charge in [-0.2, -0.15) is 0 Å². The highest BCUT2D eigenvalue weighted by Gasteiger charge is 2.20. The molecule has 9 heteroatoms. The van der Waals surface area contributed by atoms with Crippen LogP contribution in [0.5, 0.6) is 0 Å². The summed E-state index contributed by atoms with van der Waals surface area (Å²) in [6.45, 7) is 3.69. The van der Waals surface area contributed by atoms with Crippen LogP contribution in [0.25, 0.3) is 16.2 Å². The molecule has 0 atom stereocenters. The van der Waals surface area contributed by atoms with Gasteiger partial charge in [0, 0.05) is 42.6 Å². The van der Waals surface area contributed by atoms with Gasteiger partial charge >= 0.3 is 0 Å². The molecule has 0 unspecified atom stereocenters. The summed E-state index contributed by atoms with van der Waals surface area (Å²) in [5.74, 6) is -0.221. The third-order valence-corrected chi connectivity index (χ3v) is 8.07. The predicted octanol–water partition coefficient (Wildman–Crippen LogP) is 4.11. The number of nitrogens with zero attached hydrogens (tertiary/aromatic N) is 3. The SMILES string of the molecule is Cc1cc(S(=O)(=O)N(C)C)cc(NC(=O)Cc2csc3nc(-c4ccccc4)cn23)c1C. The molecule has 2 aromatic carbocycles. The average molecular weight is 469 g/mol. The van der Waals surface area contributed by atoms with E-state index in [-0.39, 0.29) is 17.2 Å². The van der Waals surface area contributed by atoms with Crippen LogP contribution in [-0.4, -0.2) is 42.1 Å². The van der Waals surface area contributed by atoms with Crippen LogP contribution >= 0.6 is 11.3 Å². The highest BCUT2D eigenvalue weighted by molar-refractivity contribution is 7.89.